The molecular formula is C14H11Cl3N2OS. The van der Waals surface area contributed by atoms with Crippen molar-refractivity contribution in [2.75, 3.05) is 16.8 Å². The molecule has 0 fully saturated rings. The van der Waals surface area contributed by atoms with Crippen molar-refractivity contribution < 1.29 is 4.79 Å². The van der Waals surface area contributed by atoms with Crippen LogP contribution in [-0.2, 0) is 4.79 Å². The molecule has 0 aliphatic rings. The van der Waals surface area contributed by atoms with E-state index in [1.165, 1.54) is 23.9 Å². The number of hydrogen-bond donors (Lipinski definition) is 2. The Morgan fingerprint density at radius 3 is 2.24 bits per heavy atom. The average Bonchev–Trinajstić information content (AvgIpc) is 2.42. The molecule has 2 rings (SSSR count). The van der Waals surface area contributed by atoms with Crippen LogP contribution in [0.15, 0.2) is 41.3 Å². The minimum atomic E-state index is -0.205. The summed E-state index contributed by atoms with van der Waals surface area (Å²) in [5, 5.41) is 3.96. The molecule has 0 radical (unpaired) electrons. The molecule has 110 valence electrons. The second kappa shape index (κ2) is 7.27. The van der Waals surface area contributed by atoms with Gasteiger partial charge in [-0.1, -0.05) is 34.8 Å². The van der Waals surface area contributed by atoms with Crippen LogP contribution in [0.2, 0.25) is 15.1 Å². The molecule has 3 N–H and O–H groups in total. The molecular weight excluding hydrogens is 351 g/mol. The van der Waals surface area contributed by atoms with Gasteiger partial charge in [0.15, 0.2) is 0 Å². The van der Waals surface area contributed by atoms with Crippen LogP contribution in [0, 0.1) is 0 Å². The molecule has 0 saturated carbocycles. The molecule has 0 saturated heterocycles. The van der Waals surface area contributed by atoms with Crippen molar-refractivity contribution in [2.24, 2.45) is 0 Å². The van der Waals surface area contributed by atoms with Gasteiger partial charge in [0.05, 0.1) is 21.5 Å². The van der Waals surface area contributed by atoms with Gasteiger partial charge in [-0.3, -0.25) is 4.79 Å². The van der Waals surface area contributed by atoms with Crippen LogP contribution in [-0.4, -0.2) is 11.7 Å². The van der Waals surface area contributed by atoms with Gasteiger partial charge in [-0.25, -0.2) is 0 Å². The van der Waals surface area contributed by atoms with Crippen LogP contribution >= 0.6 is 46.6 Å². The highest BCUT2D eigenvalue weighted by Crippen LogP contribution is 2.33. The third-order valence-electron chi connectivity index (χ3n) is 2.51. The minimum absolute atomic E-state index is 0.205. The van der Waals surface area contributed by atoms with E-state index in [0.29, 0.717) is 26.4 Å². The first kappa shape index (κ1) is 16.3. The SMILES string of the molecule is Nc1cc(Cl)c(NC(=O)CSc2ccc(Cl)cc2)c(Cl)c1. The summed E-state index contributed by atoms with van der Waals surface area (Å²) in [6.07, 6.45) is 0. The maximum atomic E-state index is 11.9. The van der Waals surface area contributed by atoms with E-state index in [0.717, 1.165) is 4.90 Å². The summed E-state index contributed by atoms with van der Waals surface area (Å²) in [5.74, 6) is 0.0297. The molecule has 2 aromatic rings. The molecule has 0 aliphatic carbocycles. The number of nitrogens with two attached hydrogens (primary N) is 1. The molecule has 0 spiro atoms. The van der Waals surface area contributed by atoms with Crippen LogP contribution in [0.4, 0.5) is 11.4 Å². The fraction of sp³-hybridized carbons (Fsp3) is 0.0714. The van der Waals surface area contributed by atoms with Crippen LogP contribution in [0.5, 0.6) is 0 Å². The van der Waals surface area contributed by atoms with Gasteiger partial charge in [0.25, 0.3) is 0 Å². The molecule has 7 heteroatoms. The molecule has 0 bridgehead atoms. The van der Waals surface area contributed by atoms with E-state index in [4.69, 9.17) is 40.5 Å². The van der Waals surface area contributed by atoms with Crippen molar-refractivity contribution in [1.29, 1.82) is 0 Å². The lowest BCUT2D eigenvalue weighted by atomic mass is 10.3. The average molecular weight is 362 g/mol. The third-order valence-corrected chi connectivity index (χ3v) is 4.37. The number of nitrogens with one attached hydrogen (secondary N) is 1. The highest BCUT2D eigenvalue weighted by molar-refractivity contribution is 8.00. The quantitative estimate of drug-likeness (QED) is 0.598. The summed E-state index contributed by atoms with van der Waals surface area (Å²) in [4.78, 5) is 12.9. The largest absolute Gasteiger partial charge is 0.399 e. The van der Waals surface area contributed by atoms with Crippen molar-refractivity contribution in [3.63, 3.8) is 0 Å². The number of anilines is 2. The first-order chi connectivity index (χ1) is 9.95. The fourth-order valence-corrected chi connectivity index (χ4v) is 2.99. The Morgan fingerprint density at radius 1 is 1.10 bits per heavy atom. The van der Waals surface area contributed by atoms with Crippen LogP contribution in [0.3, 0.4) is 0 Å². The summed E-state index contributed by atoms with van der Waals surface area (Å²) in [7, 11) is 0. The number of hydrogen-bond acceptors (Lipinski definition) is 3. The topological polar surface area (TPSA) is 55.1 Å². The number of thioether (sulfide) groups is 1. The van der Waals surface area contributed by atoms with Gasteiger partial charge >= 0.3 is 0 Å². The monoisotopic (exact) mass is 360 g/mol. The molecule has 0 aromatic heterocycles. The first-order valence-corrected chi connectivity index (χ1v) is 8.00. The second-order valence-electron chi connectivity index (χ2n) is 4.15. The van der Waals surface area contributed by atoms with Crippen molar-refractivity contribution in [2.45, 2.75) is 4.90 Å². The molecule has 0 unspecified atom stereocenters. The Kier molecular flexibility index (Phi) is 5.65. The zero-order chi connectivity index (χ0) is 15.4. The lowest BCUT2D eigenvalue weighted by Gasteiger charge is -2.10. The summed E-state index contributed by atoms with van der Waals surface area (Å²) in [6, 6.07) is 10.3. The fourth-order valence-electron chi connectivity index (χ4n) is 1.57. The van der Waals surface area contributed by atoms with E-state index in [9.17, 15) is 4.79 Å². The van der Waals surface area contributed by atoms with Gasteiger partial charge in [0.2, 0.25) is 5.91 Å². The van der Waals surface area contributed by atoms with E-state index in [1.54, 1.807) is 12.1 Å². The molecule has 0 heterocycles. The highest BCUT2D eigenvalue weighted by atomic mass is 35.5. The van der Waals surface area contributed by atoms with Crippen LogP contribution in [0.25, 0.3) is 0 Å². The van der Waals surface area contributed by atoms with E-state index >= 15 is 0 Å². The normalized spacial score (nSPS) is 10.4. The van der Waals surface area contributed by atoms with E-state index in [-0.39, 0.29) is 11.7 Å². The number of halogens is 3. The van der Waals surface area contributed by atoms with Gasteiger partial charge < -0.3 is 11.1 Å². The Morgan fingerprint density at radius 2 is 1.67 bits per heavy atom. The zero-order valence-corrected chi connectivity index (χ0v) is 13.8. The summed E-state index contributed by atoms with van der Waals surface area (Å²) in [5.41, 5.74) is 6.42. The Bertz CT molecular complexity index is 639. The zero-order valence-electron chi connectivity index (χ0n) is 10.7. The van der Waals surface area contributed by atoms with E-state index in [1.807, 2.05) is 12.1 Å². The van der Waals surface area contributed by atoms with Gasteiger partial charge in [-0.2, -0.15) is 0 Å². The lowest BCUT2D eigenvalue weighted by Crippen LogP contribution is -2.14. The Balaban J connectivity index is 1.97. The number of rotatable bonds is 4. The second-order valence-corrected chi connectivity index (χ2v) is 6.45. The highest BCUT2D eigenvalue weighted by Gasteiger charge is 2.11. The van der Waals surface area contributed by atoms with Gasteiger partial charge in [-0.15, -0.1) is 11.8 Å². The molecule has 21 heavy (non-hydrogen) atoms. The Labute approximate surface area is 141 Å². The number of benzene rings is 2. The molecule has 2 aromatic carbocycles. The number of nitrogen functional groups attached to an aromatic ring is 1. The molecule has 1 amide bonds. The molecule has 3 nitrogen and oxygen atoms in total. The van der Waals surface area contributed by atoms with Gasteiger partial charge in [-0.05, 0) is 36.4 Å². The number of carbonyl (C=O) groups excluding carboxylic acids is 1. The van der Waals surface area contributed by atoms with Gasteiger partial charge in [0, 0.05) is 15.6 Å². The Hall–Kier alpha value is -1.07. The van der Waals surface area contributed by atoms with Crippen molar-refractivity contribution in [3.8, 4) is 0 Å². The number of amides is 1. The first-order valence-electron chi connectivity index (χ1n) is 5.88. The minimum Gasteiger partial charge on any atom is -0.399 e. The predicted octanol–water partition coefficient (Wildman–Crippen LogP) is 4.96. The van der Waals surface area contributed by atoms with Crippen LogP contribution < -0.4 is 11.1 Å². The van der Waals surface area contributed by atoms with Gasteiger partial charge in [0.1, 0.15) is 0 Å². The molecule has 0 atom stereocenters. The maximum absolute atomic E-state index is 11.9. The van der Waals surface area contributed by atoms with Crippen molar-refractivity contribution in [1.82, 2.24) is 0 Å². The van der Waals surface area contributed by atoms with E-state index in [2.05, 4.69) is 5.32 Å². The summed E-state index contributed by atoms with van der Waals surface area (Å²) >= 11 is 19.2. The summed E-state index contributed by atoms with van der Waals surface area (Å²) < 4.78 is 0. The molecule has 0 aliphatic heterocycles. The number of carbonyl (C=O) groups is 1. The standard InChI is InChI=1S/C14H11Cl3N2OS/c15-8-1-3-10(4-2-8)21-7-13(20)19-14-11(16)5-9(18)6-12(14)17/h1-6H,7,18H2,(H,19,20). The predicted molar refractivity (Wildman–Crippen MR) is 91.7 cm³/mol. The van der Waals surface area contributed by atoms with Crippen molar-refractivity contribution in [3.05, 3.63) is 51.5 Å². The van der Waals surface area contributed by atoms with E-state index < -0.39 is 0 Å². The van der Waals surface area contributed by atoms with Crippen LogP contribution in [0.1, 0.15) is 0 Å². The summed E-state index contributed by atoms with van der Waals surface area (Å²) in [6.45, 7) is 0. The third kappa shape index (κ3) is 4.71. The van der Waals surface area contributed by atoms with Crippen molar-refractivity contribution >= 4 is 63.8 Å². The lowest BCUT2D eigenvalue weighted by molar-refractivity contribution is -0.113. The maximum Gasteiger partial charge on any atom is 0.234 e. The smallest absolute Gasteiger partial charge is 0.234 e.